The van der Waals surface area contributed by atoms with E-state index >= 15 is 0 Å². The van der Waals surface area contributed by atoms with Gasteiger partial charge in [-0.3, -0.25) is 0 Å². The average Bonchev–Trinajstić information content (AvgIpc) is 2.60. The van der Waals surface area contributed by atoms with Gasteiger partial charge in [-0.1, -0.05) is 54.6 Å². The molecule has 0 N–H and O–H groups in total. The Balaban J connectivity index is 0.000000595. The highest BCUT2D eigenvalue weighted by Crippen LogP contribution is 2.35. The first-order valence-corrected chi connectivity index (χ1v) is 7.63. The zero-order chi connectivity index (χ0) is 16.5. The van der Waals surface area contributed by atoms with Gasteiger partial charge in [0, 0.05) is 17.1 Å². The zero-order valence-electron chi connectivity index (χ0n) is 13.5. The molecule has 0 bridgehead atoms. The zero-order valence-corrected chi connectivity index (χ0v) is 13.5. The van der Waals surface area contributed by atoms with E-state index in [0.29, 0.717) is 0 Å². The lowest BCUT2D eigenvalue weighted by Gasteiger charge is -2.26. The van der Waals surface area contributed by atoms with Crippen LogP contribution in [-0.4, -0.2) is 6.29 Å². The van der Waals surface area contributed by atoms with Crippen molar-refractivity contribution in [1.82, 2.24) is 0 Å². The second-order valence-corrected chi connectivity index (χ2v) is 5.03. The van der Waals surface area contributed by atoms with Crippen molar-refractivity contribution < 1.29 is 4.79 Å². The van der Waals surface area contributed by atoms with E-state index in [2.05, 4.69) is 84.6 Å². The molecule has 0 aliphatic heterocycles. The summed E-state index contributed by atoms with van der Waals surface area (Å²) in [4.78, 5) is 11.1. The normalized spacial score (nSPS) is 9.48. The van der Waals surface area contributed by atoms with Gasteiger partial charge in [-0.15, -0.1) is 0 Å². The molecule has 3 rings (SSSR count). The van der Waals surface area contributed by atoms with Crippen molar-refractivity contribution in [2.75, 3.05) is 4.90 Å². The molecular weight excluding hydrogens is 282 g/mol. The molecule has 0 radical (unpaired) electrons. The molecule has 0 amide bonds. The number of aldehydes is 1. The molecule has 0 unspecified atom stereocenters. The minimum Gasteiger partial charge on any atom is -0.310 e. The number of hydrogen-bond donors (Lipinski definition) is 0. The Hall–Kier alpha value is -2.87. The van der Waals surface area contributed by atoms with Crippen LogP contribution < -0.4 is 4.90 Å². The largest absolute Gasteiger partial charge is 0.310 e. The van der Waals surface area contributed by atoms with E-state index in [4.69, 9.17) is 4.79 Å². The van der Waals surface area contributed by atoms with Crippen molar-refractivity contribution in [2.24, 2.45) is 0 Å². The van der Waals surface area contributed by atoms with Gasteiger partial charge in [0.2, 0.25) is 0 Å². The van der Waals surface area contributed by atoms with Gasteiger partial charge in [0.15, 0.2) is 0 Å². The Morgan fingerprint density at radius 1 is 0.696 bits per heavy atom. The minimum absolute atomic E-state index is 0.750. The topological polar surface area (TPSA) is 20.3 Å². The van der Waals surface area contributed by atoms with E-state index in [9.17, 15) is 0 Å². The Morgan fingerprint density at radius 3 is 1.52 bits per heavy atom. The first-order chi connectivity index (χ1) is 11.3. The number of rotatable bonds is 3. The lowest BCUT2D eigenvalue weighted by molar-refractivity contribution is -0.106. The van der Waals surface area contributed by atoms with Crippen LogP contribution in [0, 0.1) is 6.92 Å². The maximum atomic E-state index is 8.81. The number of benzene rings is 3. The summed E-state index contributed by atoms with van der Waals surface area (Å²) in [6, 6.07) is 29.4. The van der Waals surface area contributed by atoms with Crippen LogP contribution in [-0.2, 0) is 4.79 Å². The summed E-state index contributed by atoms with van der Waals surface area (Å²) in [5.41, 5.74) is 4.83. The summed E-state index contributed by atoms with van der Waals surface area (Å²) in [6.45, 7) is 3.59. The van der Waals surface area contributed by atoms with Crippen molar-refractivity contribution in [3.63, 3.8) is 0 Å². The van der Waals surface area contributed by atoms with E-state index in [0.717, 1.165) is 6.29 Å². The van der Waals surface area contributed by atoms with Gasteiger partial charge in [-0.05, 0) is 49.7 Å². The molecule has 3 aromatic rings. The van der Waals surface area contributed by atoms with Crippen molar-refractivity contribution in [2.45, 2.75) is 13.8 Å². The molecule has 3 aromatic carbocycles. The first-order valence-electron chi connectivity index (χ1n) is 7.63. The second kappa shape index (κ2) is 8.54. The molecule has 0 fully saturated rings. The third kappa shape index (κ3) is 4.30. The van der Waals surface area contributed by atoms with Crippen LogP contribution in [0.15, 0.2) is 84.9 Å². The van der Waals surface area contributed by atoms with E-state index in [-0.39, 0.29) is 0 Å². The van der Waals surface area contributed by atoms with Crippen molar-refractivity contribution in [3.05, 3.63) is 90.5 Å². The summed E-state index contributed by atoms with van der Waals surface area (Å²) in [7, 11) is 0. The molecule has 2 nitrogen and oxygen atoms in total. The smallest absolute Gasteiger partial charge is 0.116 e. The molecule has 0 aliphatic carbocycles. The van der Waals surface area contributed by atoms with Crippen LogP contribution in [0.5, 0.6) is 0 Å². The maximum absolute atomic E-state index is 8.81. The molecule has 0 heterocycles. The number of carbonyl (C=O) groups is 1. The van der Waals surface area contributed by atoms with Crippen LogP contribution in [0.3, 0.4) is 0 Å². The highest BCUT2D eigenvalue weighted by Gasteiger charge is 2.12. The van der Waals surface area contributed by atoms with Gasteiger partial charge in [0.05, 0.1) is 0 Å². The molecule has 116 valence electrons. The number of anilines is 3. The Bertz CT molecular complexity index is 684. The lowest BCUT2D eigenvalue weighted by Crippen LogP contribution is -2.10. The number of para-hydroxylation sites is 3. The number of hydrogen-bond acceptors (Lipinski definition) is 2. The van der Waals surface area contributed by atoms with E-state index in [1.807, 2.05) is 12.1 Å². The summed E-state index contributed by atoms with van der Waals surface area (Å²) in [5.74, 6) is 0. The van der Waals surface area contributed by atoms with Crippen LogP contribution in [0.25, 0.3) is 0 Å². The van der Waals surface area contributed by atoms with Gasteiger partial charge >= 0.3 is 0 Å². The fraction of sp³-hybridized carbons (Fsp3) is 0.0952. The van der Waals surface area contributed by atoms with Gasteiger partial charge in [-0.25, -0.2) is 0 Å². The van der Waals surface area contributed by atoms with E-state index in [1.165, 1.54) is 29.5 Å². The molecule has 0 aromatic heterocycles. The van der Waals surface area contributed by atoms with Gasteiger partial charge in [0.25, 0.3) is 0 Å². The maximum Gasteiger partial charge on any atom is 0.116 e. The summed E-state index contributed by atoms with van der Waals surface area (Å²) >= 11 is 0. The van der Waals surface area contributed by atoms with E-state index < -0.39 is 0 Å². The highest BCUT2D eigenvalue weighted by molar-refractivity contribution is 5.78. The van der Waals surface area contributed by atoms with Gasteiger partial charge < -0.3 is 9.69 Å². The summed E-state index contributed by atoms with van der Waals surface area (Å²) in [5, 5.41) is 0. The fourth-order valence-corrected chi connectivity index (χ4v) is 2.40. The lowest BCUT2D eigenvalue weighted by atomic mass is 10.1. The third-order valence-electron chi connectivity index (χ3n) is 3.39. The molecular formula is C21H21NO. The van der Waals surface area contributed by atoms with Crippen molar-refractivity contribution in [1.29, 1.82) is 0 Å². The van der Waals surface area contributed by atoms with Crippen LogP contribution in [0.4, 0.5) is 17.1 Å². The Kier molecular flexibility index (Phi) is 6.13. The standard InChI is InChI=1S/C19H17N.C2H4O/c1-16-10-8-9-15-19(16)20(17-11-4-2-5-12-17)18-13-6-3-7-14-18;1-2-3/h2-15H,1H3;2H,1H3. The van der Waals surface area contributed by atoms with Crippen molar-refractivity contribution >= 4 is 23.3 Å². The summed E-state index contributed by atoms with van der Waals surface area (Å²) in [6.07, 6.45) is 0.750. The molecule has 2 heteroatoms. The summed E-state index contributed by atoms with van der Waals surface area (Å²) < 4.78 is 0. The third-order valence-corrected chi connectivity index (χ3v) is 3.39. The monoisotopic (exact) mass is 303 g/mol. The predicted molar refractivity (Wildman–Crippen MR) is 97.6 cm³/mol. The fourth-order valence-electron chi connectivity index (χ4n) is 2.40. The van der Waals surface area contributed by atoms with Gasteiger partial charge in [0.1, 0.15) is 6.29 Å². The van der Waals surface area contributed by atoms with Gasteiger partial charge in [-0.2, -0.15) is 0 Å². The molecule has 0 aliphatic rings. The molecule has 0 saturated carbocycles. The molecule has 0 atom stereocenters. The van der Waals surface area contributed by atoms with Crippen LogP contribution >= 0.6 is 0 Å². The number of nitrogens with zero attached hydrogens (tertiary/aromatic N) is 1. The number of aryl methyl sites for hydroxylation is 1. The quantitative estimate of drug-likeness (QED) is 0.581. The molecule has 23 heavy (non-hydrogen) atoms. The predicted octanol–water partition coefficient (Wildman–Crippen LogP) is 5.67. The molecule has 0 saturated heterocycles. The highest BCUT2D eigenvalue weighted by atomic mass is 16.1. The Morgan fingerprint density at radius 2 is 1.09 bits per heavy atom. The van der Waals surface area contributed by atoms with E-state index in [1.54, 1.807) is 0 Å². The first kappa shape index (κ1) is 16.5. The molecule has 0 spiro atoms. The number of carbonyl (C=O) groups excluding carboxylic acids is 1. The second-order valence-electron chi connectivity index (χ2n) is 5.03. The van der Waals surface area contributed by atoms with Crippen LogP contribution in [0.1, 0.15) is 12.5 Å². The SMILES string of the molecule is CC=O.Cc1ccccc1N(c1ccccc1)c1ccccc1. The van der Waals surface area contributed by atoms with Crippen LogP contribution in [0.2, 0.25) is 0 Å². The minimum atomic E-state index is 0.750. The van der Waals surface area contributed by atoms with Crippen molar-refractivity contribution in [3.8, 4) is 0 Å². The Labute approximate surface area is 138 Å². The average molecular weight is 303 g/mol.